The largest absolute Gasteiger partial charge is 0.481 e. The molecular weight excluding hydrogens is 508 g/mol. The minimum absolute atomic E-state index is 0.171. The summed E-state index contributed by atoms with van der Waals surface area (Å²) in [4.78, 5) is 39.7. The topological polar surface area (TPSA) is 211 Å². The van der Waals surface area contributed by atoms with Gasteiger partial charge < -0.3 is 34.6 Å². The molecule has 3 aromatic rings. The van der Waals surface area contributed by atoms with Crippen LogP contribution in [0.5, 0.6) is 0 Å². The summed E-state index contributed by atoms with van der Waals surface area (Å²) in [5, 5.41) is 0. The molecule has 2 fully saturated rings. The van der Waals surface area contributed by atoms with Crippen molar-refractivity contribution in [2.24, 2.45) is 0 Å². The predicted molar refractivity (Wildman–Crippen MR) is 116 cm³/mol. The molecule has 6 atom stereocenters. The number of benzene rings is 1. The van der Waals surface area contributed by atoms with Crippen LogP contribution in [-0.4, -0.2) is 65.4 Å². The lowest BCUT2D eigenvalue weighted by molar-refractivity contribution is -0.149. The monoisotopic (exact) mass is 529 g/mol. The van der Waals surface area contributed by atoms with Crippen LogP contribution >= 0.6 is 15.6 Å². The fraction of sp³-hybridized carbons (Fsp3) is 0.389. The fourth-order valence-corrected chi connectivity index (χ4v) is 5.64. The van der Waals surface area contributed by atoms with Gasteiger partial charge in [0, 0.05) is 6.42 Å². The molecule has 2 aliphatic heterocycles. The van der Waals surface area contributed by atoms with Gasteiger partial charge in [-0.15, -0.1) is 0 Å². The van der Waals surface area contributed by atoms with Gasteiger partial charge in [-0.3, -0.25) is 9.09 Å². The lowest BCUT2D eigenvalue weighted by Gasteiger charge is -2.22. The molecule has 35 heavy (non-hydrogen) atoms. The molecule has 1 unspecified atom stereocenters. The summed E-state index contributed by atoms with van der Waals surface area (Å²) in [5.41, 5.74) is 7.56. The maximum atomic E-state index is 12.0. The highest BCUT2D eigenvalue weighted by Crippen LogP contribution is 2.58. The Morgan fingerprint density at radius 2 is 1.77 bits per heavy atom. The molecule has 0 spiro atoms. The number of ether oxygens (including phenoxy) is 3. The van der Waals surface area contributed by atoms with E-state index < -0.39 is 53.1 Å². The average Bonchev–Trinajstić information content (AvgIpc) is 3.46. The Kier molecular flexibility index (Phi) is 6.48. The molecule has 188 valence electrons. The molecule has 5 rings (SSSR count). The summed E-state index contributed by atoms with van der Waals surface area (Å²) in [5.74, 6) is 0.171. The van der Waals surface area contributed by atoms with E-state index in [1.165, 1.54) is 12.7 Å². The van der Waals surface area contributed by atoms with Crippen LogP contribution in [0.25, 0.3) is 11.2 Å². The first-order valence-electron chi connectivity index (χ1n) is 10.3. The second-order valence-corrected chi connectivity index (χ2v) is 10.6. The van der Waals surface area contributed by atoms with Gasteiger partial charge in [-0.25, -0.2) is 24.1 Å². The van der Waals surface area contributed by atoms with Gasteiger partial charge in [-0.2, -0.15) is 4.31 Å². The maximum absolute atomic E-state index is 12.0. The minimum atomic E-state index is -5.28. The van der Waals surface area contributed by atoms with Crippen molar-refractivity contribution in [2.45, 2.75) is 37.3 Å². The van der Waals surface area contributed by atoms with E-state index in [-0.39, 0.29) is 5.82 Å². The van der Waals surface area contributed by atoms with E-state index in [2.05, 4.69) is 19.3 Å². The highest BCUT2D eigenvalue weighted by molar-refractivity contribution is 7.60. The molecule has 5 N–H and O–H groups in total. The van der Waals surface area contributed by atoms with Gasteiger partial charge in [-0.1, -0.05) is 30.3 Å². The number of fused-ring (bicyclic) bond motifs is 2. The quantitative estimate of drug-likeness (QED) is 0.299. The Balaban J connectivity index is 1.39. The number of anilines is 1. The molecule has 15 nitrogen and oxygen atoms in total. The molecule has 0 aliphatic carbocycles. The molecular formula is C18H21N5O10P2. The summed E-state index contributed by atoms with van der Waals surface area (Å²) in [6.45, 7) is -0.587. The number of nitrogens with zero attached hydrogens (tertiary/aromatic N) is 4. The van der Waals surface area contributed by atoms with Gasteiger partial charge in [0.1, 0.15) is 30.2 Å². The highest BCUT2D eigenvalue weighted by atomic mass is 31.3. The zero-order valence-corrected chi connectivity index (χ0v) is 19.6. The zero-order chi connectivity index (χ0) is 24.8. The number of imidazole rings is 1. The van der Waals surface area contributed by atoms with E-state index in [4.69, 9.17) is 34.3 Å². The van der Waals surface area contributed by atoms with Crippen LogP contribution in [-0.2, 0) is 38.6 Å². The Morgan fingerprint density at radius 1 is 1.03 bits per heavy atom. The first-order valence-corrected chi connectivity index (χ1v) is 13.3. The van der Waals surface area contributed by atoms with Crippen molar-refractivity contribution in [1.82, 2.24) is 19.5 Å². The summed E-state index contributed by atoms with van der Waals surface area (Å²) in [6, 6.07) is 9.49. The number of hydrogen-bond acceptors (Lipinski definition) is 11. The van der Waals surface area contributed by atoms with Crippen molar-refractivity contribution >= 4 is 32.6 Å². The van der Waals surface area contributed by atoms with Crippen LogP contribution in [0.2, 0.25) is 0 Å². The van der Waals surface area contributed by atoms with E-state index in [1.807, 2.05) is 30.3 Å². The van der Waals surface area contributed by atoms with Crippen LogP contribution in [0.15, 0.2) is 43.0 Å². The Hall–Kier alpha value is -2.29. The smallest absolute Gasteiger partial charge is 0.382 e. The number of aromatic nitrogens is 4. The van der Waals surface area contributed by atoms with Crippen LogP contribution in [0.1, 0.15) is 11.8 Å². The predicted octanol–water partition coefficient (Wildman–Crippen LogP) is 0.885. The van der Waals surface area contributed by atoms with Gasteiger partial charge in [-0.05, 0) is 5.56 Å². The van der Waals surface area contributed by atoms with Gasteiger partial charge in [0.2, 0.25) is 0 Å². The van der Waals surface area contributed by atoms with Gasteiger partial charge in [0.15, 0.2) is 24.0 Å². The molecule has 17 heteroatoms. The molecule has 0 amide bonds. The van der Waals surface area contributed by atoms with Gasteiger partial charge >= 0.3 is 15.6 Å². The van der Waals surface area contributed by atoms with Crippen molar-refractivity contribution in [1.29, 1.82) is 0 Å². The normalized spacial score (nSPS) is 28.3. The molecule has 1 aromatic carbocycles. The fourth-order valence-electron chi connectivity index (χ4n) is 4.04. The van der Waals surface area contributed by atoms with Crippen LogP contribution < -0.4 is 5.73 Å². The standard InChI is InChI=1S/C18H21N5O10P2/c19-16-13-17(21-8-20-16)23(9-22-13)18-15-14(31-12(32-15)6-10-4-2-1-3-5-10)11(30-18)7-29-35(27,28)33-34(24,25)26/h1-5,8-9,11-12,14-15,18H,6-7H2,(H,27,28)(H2,19,20,21)(H2,24,25,26)/t11-,12-,14-,15-,18-/m1/s1. The number of hydrogen-bond donors (Lipinski definition) is 4. The summed E-state index contributed by atoms with van der Waals surface area (Å²) in [7, 11) is -10.4. The molecule has 0 saturated carbocycles. The average molecular weight is 529 g/mol. The van der Waals surface area contributed by atoms with E-state index in [9.17, 15) is 14.0 Å². The van der Waals surface area contributed by atoms with Crippen LogP contribution in [0.4, 0.5) is 5.82 Å². The number of phosphoric ester groups is 1. The lowest BCUT2D eigenvalue weighted by Crippen LogP contribution is -2.31. The Morgan fingerprint density at radius 3 is 2.51 bits per heavy atom. The van der Waals surface area contributed by atoms with E-state index in [0.717, 1.165) is 5.56 Å². The van der Waals surface area contributed by atoms with Crippen molar-refractivity contribution in [3.05, 3.63) is 48.5 Å². The Labute approximate surface area is 197 Å². The molecule has 0 radical (unpaired) electrons. The van der Waals surface area contributed by atoms with Crippen molar-refractivity contribution in [2.75, 3.05) is 12.3 Å². The van der Waals surface area contributed by atoms with Crippen LogP contribution in [0, 0.1) is 0 Å². The SMILES string of the molecule is Nc1ncnc2c1ncn2[C@@H]1O[C@H](COP(=O)(O)OP(=O)(O)O)[C@H]2O[C@@H](Cc3ccccc3)O[C@H]21. The molecule has 2 saturated heterocycles. The van der Waals surface area contributed by atoms with E-state index in [1.54, 1.807) is 4.57 Å². The third-order valence-electron chi connectivity index (χ3n) is 5.42. The second-order valence-electron chi connectivity index (χ2n) is 7.81. The Bertz CT molecular complexity index is 1300. The number of nitrogens with two attached hydrogens (primary N) is 1. The first kappa shape index (κ1) is 24.4. The van der Waals surface area contributed by atoms with E-state index in [0.29, 0.717) is 17.6 Å². The molecule has 2 aliphatic rings. The first-order chi connectivity index (χ1) is 16.6. The van der Waals surface area contributed by atoms with Crippen molar-refractivity contribution in [3.63, 3.8) is 0 Å². The number of phosphoric acid groups is 2. The van der Waals surface area contributed by atoms with Crippen molar-refractivity contribution in [3.8, 4) is 0 Å². The molecule has 0 bridgehead atoms. The van der Waals surface area contributed by atoms with Crippen molar-refractivity contribution < 1.29 is 46.9 Å². The number of nitrogen functional groups attached to an aromatic ring is 1. The third kappa shape index (κ3) is 5.29. The van der Waals surface area contributed by atoms with Gasteiger partial charge in [0.25, 0.3) is 0 Å². The highest BCUT2D eigenvalue weighted by Gasteiger charge is 2.54. The molecule has 4 heterocycles. The maximum Gasteiger partial charge on any atom is 0.481 e. The number of rotatable bonds is 8. The second kappa shape index (κ2) is 9.30. The zero-order valence-electron chi connectivity index (χ0n) is 17.8. The summed E-state index contributed by atoms with van der Waals surface area (Å²) >= 11 is 0. The summed E-state index contributed by atoms with van der Waals surface area (Å²) in [6.07, 6.45) is -0.794. The van der Waals surface area contributed by atoms with Gasteiger partial charge in [0.05, 0.1) is 12.9 Å². The molecule has 2 aromatic heterocycles. The summed E-state index contributed by atoms with van der Waals surface area (Å²) < 4.78 is 51.3. The third-order valence-corrected chi connectivity index (χ3v) is 7.57. The minimum Gasteiger partial charge on any atom is -0.382 e. The van der Waals surface area contributed by atoms with Crippen LogP contribution in [0.3, 0.4) is 0 Å². The van der Waals surface area contributed by atoms with E-state index >= 15 is 0 Å². The lowest BCUT2D eigenvalue weighted by atomic mass is 10.1.